The summed E-state index contributed by atoms with van der Waals surface area (Å²) >= 11 is 0. The lowest BCUT2D eigenvalue weighted by molar-refractivity contribution is -0.194. The number of fused-ring (bicyclic) bond motifs is 1. The van der Waals surface area contributed by atoms with Crippen molar-refractivity contribution < 1.29 is 39.1 Å². The summed E-state index contributed by atoms with van der Waals surface area (Å²) in [5.41, 5.74) is 0.645. The lowest BCUT2D eigenvalue weighted by Crippen LogP contribution is -2.07. The third-order valence-electron chi connectivity index (χ3n) is 3.88. The molecule has 0 radical (unpaired) electrons. The van der Waals surface area contributed by atoms with Gasteiger partial charge in [0.2, 0.25) is 0 Å². The molecular formula is C17H14O8. The van der Waals surface area contributed by atoms with Crippen LogP contribution >= 0.6 is 0 Å². The highest BCUT2D eigenvalue weighted by atomic mass is 17.2. The van der Waals surface area contributed by atoms with E-state index in [4.69, 9.17) is 19.2 Å². The van der Waals surface area contributed by atoms with Gasteiger partial charge in [-0.25, -0.2) is 9.59 Å². The Hall–Kier alpha value is -3.26. The van der Waals surface area contributed by atoms with Crippen molar-refractivity contribution in [2.24, 2.45) is 0 Å². The zero-order valence-electron chi connectivity index (χ0n) is 13.4. The van der Waals surface area contributed by atoms with Crippen molar-refractivity contribution in [2.75, 3.05) is 14.2 Å². The molecule has 0 amide bonds. The van der Waals surface area contributed by atoms with Crippen LogP contribution in [0.3, 0.4) is 0 Å². The van der Waals surface area contributed by atoms with Crippen molar-refractivity contribution in [1.82, 2.24) is 0 Å². The van der Waals surface area contributed by atoms with Gasteiger partial charge in [0.05, 0.1) is 25.3 Å². The SMILES string of the molecule is COc1cc(C(=O)O)c(-c2c(C(=O)O)ccc3c2COO3)cc1OC. The fourth-order valence-electron chi connectivity index (χ4n) is 2.75. The van der Waals surface area contributed by atoms with Crippen LogP contribution in [0.4, 0.5) is 0 Å². The van der Waals surface area contributed by atoms with E-state index in [9.17, 15) is 19.8 Å². The molecule has 0 aliphatic carbocycles. The van der Waals surface area contributed by atoms with Crippen LogP contribution in [-0.2, 0) is 11.5 Å². The van der Waals surface area contributed by atoms with Gasteiger partial charge in [0, 0.05) is 16.7 Å². The predicted octanol–water partition coefficient (Wildman–Crippen LogP) is 2.59. The molecule has 8 nitrogen and oxygen atoms in total. The summed E-state index contributed by atoms with van der Waals surface area (Å²) in [7, 11) is 2.79. The van der Waals surface area contributed by atoms with E-state index in [1.54, 1.807) is 0 Å². The summed E-state index contributed by atoms with van der Waals surface area (Å²) in [6, 6.07) is 5.53. The summed E-state index contributed by atoms with van der Waals surface area (Å²) in [6.45, 7) is -0.000803. The van der Waals surface area contributed by atoms with Crippen molar-refractivity contribution in [1.29, 1.82) is 0 Å². The van der Waals surface area contributed by atoms with Gasteiger partial charge in [-0.3, -0.25) is 0 Å². The molecule has 0 fully saturated rings. The van der Waals surface area contributed by atoms with E-state index in [0.29, 0.717) is 11.3 Å². The van der Waals surface area contributed by atoms with E-state index in [1.807, 2.05) is 0 Å². The fourth-order valence-corrected chi connectivity index (χ4v) is 2.75. The van der Waals surface area contributed by atoms with E-state index < -0.39 is 11.9 Å². The van der Waals surface area contributed by atoms with Crippen LogP contribution in [0.25, 0.3) is 11.1 Å². The molecule has 0 unspecified atom stereocenters. The molecule has 25 heavy (non-hydrogen) atoms. The molecule has 0 saturated carbocycles. The van der Waals surface area contributed by atoms with Gasteiger partial charge in [0.15, 0.2) is 17.2 Å². The molecule has 0 bridgehead atoms. The minimum Gasteiger partial charge on any atom is -0.493 e. The number of aromatic carboxylic acids is 2. The van der Waals surface area contributed by atoms with Gasteiger partial charge in [0.1, 0.15) is 6.61 Å². The van der Waals surface area contributed by atoms with E-state index in [2.05, 4.69) is 0 Å². The van der Waals surface area contributed by atoms with Crippen molar-refractivity contribution >= 4 is 11.9 Å². The van der Waals surface area contributed by atoms with Crippen molar-refractivity contribution in [3.63, 3.8) is 0 Å². The Morgan fingerprint density at radius 1 is 1.00 bits per heavy atom. The molecule has 130 valence electrons. The third kappa shape index (κ3) is 2.72. The van der Waals surface area contributed by atoms with Crippen LogP contribution in [-0.4, -0.2) is 36.4 Å². The number of carbonyl (C=O) groups is 2. The Kier molecular flexibility index (Phi) is 4.20. The molecule has 2 aromatic carbocycles. The van der Waals surface area contributed by atoms with Crippen LogP contribution in [0, 0.1) is 0 Å². The molecule has 1 aliphatic rings. The highest BCUT2D eigenvalue weighted by Crippen LogP contribution is 2.43. The molecule has 1 aliphatic heterocycles. The van der Waals surface area contributed by atoms with Gasteiger partial charge in [-0.05, 0) is 24.3 Å². The average Bonchev–Trinajstić information content (AvgIpc) is 3.08. The molecule has 8 heteroatoms. The largest absolute Gasteiger partial charge is 0.493 e. The second-order valence-electron chi connectivity index (χ2n) is 5.17. The van der Waals surface area contributed by atoms with Crippen LogP contribution in [0.1, 0.15) is 26.3 Å². The van der Waals surface area contributed by atoms with E-state index in [-0.39, 0.29) is 40.4 Å². The normalized spacial score (nSPS) is 12.2. The average molecular weight is 346 g/mol. The zero-order chi connectivity index (χ0) is 18.1. The molecule has 0 atom stereocenters. The van der Waals surface area contributed by atoms with Gasteiger partial charge in [-0.2, -0.15) is 4.89 Å². The number of hydrogen-bond donors (Lipinski definition) is 2. The molecule has 3 rings (SSSR count). The minimum absolute atomic E-state index is 0.000803. The minimum atomic E-state index is -1.23. The Balaban J connectivity index is 2.38. The quantitative estimate of drug-likeness (QED) is 0.795. The second-order valence-corrected chi connectivity index (χ2v) is 5.17. The van der Waals surface area contributed by atoms with Crippen LogP contribution in [0.5, 0.6) is 17.2 Å². The monoisotopic (exact) mass is 346 g/mol. The molecule has 2 N–H and O–H groups in total. The highest BCUT2D eigenvalue weighted by Gasteiger charge is 2.28. The number of methoxy groups -OCH3 is 2. The summed E-state index contributed by atoms with van der Waals surface area (Å²) in [6.07, 6.45) is 0. The van der Waals surface area contributed by atoms with Gasteiger partial charge >= 0.3 is 11.9 Å². The van der Waals surface area contributed by atoms with Crippen LogP contribution < -0.4 is 14.4 Å². The maximum absolute atomic E-state index is 11.7. The van der Waals surface area contributed by atoms with Gasteiger partial charge in [-0.1, -0.05) is 0 Å². The number of ether oxygens (including phenoxy) is 2. The first kappa shape index (κ1) is 16.6. The lowest BCUT2D eigenvalue weighted by Gasteiger charge is -2.16. The zero-order valence-corrected chi connectivity index (χ0v) is 13.4. The Morgan fingerprint density at radius 2 is 1.64 bits per heavy atom. The Morgan fingerprint density at radius 3 is 2.24 bits per heavy atom. The first-order valence-corrected chi connectivity index (χ1v) is 7.16. The summed E-state index contributed by atoms with van der Waals surface area (Å²) in [5.74, 6) is -1.59. The number of carboxylic acids is 2. The fraction of sp³-hybridized carbons (Fsp3) is 0.176. The first-order chi connectivity index (χ1) is 12.0. The van der Waals surface area contributed by atoms with Crippen LogP contribution in [0.15, 0.2) is 24.3 Å². The van der Waals surface area contributed by atoms with Gasteiger partial charge in [0.25, 0.3) is 0 Å². The lowest BCUT2D eigenvalue weighted by atomic mass is 9.90. The Labute approximate surface area is 142 Å². The van der Waals surface area contributed by atoms with Crippen molar-refractivity contribution in [3.8, 4) is 28.4 Å². The third-order valence-corrected chi connectivity index (χ3v) is 3.88. The number of hydrogen-bond acceptors (Lipinski definition) is 6. The molecule has 1 heterocycles. The summed E-state index contributed by atoms with van der Waals surface area (Å²) in [5, 5.41) is 19.1. The molecule has 2 aromatic rings. The number of carboxylic acid groups (broad SMARTS) is 2. The predicted molar refractivity (Wildman–Crippen MR) is 84.3 cm³/mol. The highest BCUT2D eigenvalue weighted by molar-refractivity contribution is 6.04. The number of benzene rings is 2. The van der Waals surface area contributed by atoms with Crippen molar-refractivity contribution in [2.45, 2.75) is 6.61 Å². The standard InChI is InChI=1S/C17H14O8/c1-22-13-5-9(10(17(20)21)6-14(13)23-2)15-8(16(18)19)3-4-12-11(15)7-24-25-12/h3-6H,7H2,1-2H3,(H,18,19)(H,20,21). The first-order valence-electron chi connectivity index (χ1n) is 7.16. The summed E-state index contributed by atoms with van der Waals surface area (Å²) in [4.78, 5) is 33.3. The maximum atomic E-state index is 11.7. The van der Waals surface area contributed by atoms with Gasteiger partial charge in [-0.15, -0.1) is 0 Å². The molecule has 0 spiro atoms. The smallest absolute Gasteiger partial charge is 0.336 e. The van der Waals surface area contributed by atoms with E-state index >= 15 is 0 Å². The van der Waals surface area contributed by atoms with Gasteiger partial charge < -0.3 is 24.6 Å². The van der Waals surface area contributed by atoms with E-state index in [0.717, 1.165) is 0 Å². The number of rotatable bonds is 5. The topological polar surface area (TPSA) is 112 Å². The Bertz CT molecular complexity index is 871. The molecular weight excluding hydrogens is 332 g/mol. The second kappa shape index (κ2) is 6.33. The molecule has 0 aromatic heterocycles. The van der Waals surface area contributed by atoms with E-state index in [1.165, 1.54) is 38.5 Å². The molecule has 0 saturated heterocycles. The van der Waals surface area contributed by atoms with Crippen molar-refractivity contribution in [3.05, 3.63) is 41.0 Å². The maximum Gasteiger partial charge on any atom is 0.336 e. The summed E-state index contributed by atoms with van der Waals surface area (Å²) < 4.78 is 10.4. The van der Waals surface area contributed by atoms with Crippen LogP contribution in [0.2, 0.25) is 0 Å².